The van der Waals surface area contributed by atoms with Crippen LogP contribution in [0.15, 0.2) is 42.6 Å². The van der Waals surface area contributed by atoms with Gasteiger partial charge in [-0.3, -0.25) is 10.1 Å². The molecule has 0 spiro atoms. The van der Waals surface area contributed by atoms with Crippen molar-refractivity contribution in [3.05, 3.63) is 53.2 Å². The molecule has 2 heterocycles. The lowest BCUT2D eigenvalue weighted by molar-refractivity contribution is 1.10. The molecule has 0 atom stereocenters. The molecule has 1 aromatic carbocycles. The maximum absolute atomic E-state index is 6.19. The van der Waals surface area contributed by atoms with Crippen LogP contribution in [0.25, 0.3) is 22.5 Å². The third kappa shape index (κ3) is 2.14. The predicted octanol–water partition coefficient (Wildman–Crippen LogP) is 3.68. The van der Waals surface area contributed by atoms with Crippen LogP contribution < -0.4 is 5.73 Å². The number of benzene rings is 1. The van der Waals surface area contributed by atoms with E-state index in [9.17, 15) is 0 Å². The highest BCUT2D eigenvalue weighted by Gasteiger charge is 2.16. The fourth-order valence-electron chi connectivity index (χ4n) is 2.08. The zero-order chi connectivity index (χ0) is 14.1. The van der Waals surface area contributed by atoms with E-state index in [2.05, 4.69) is 15.2 Å². The molecule has 0 unspecified atom stereocenters. The minimum atomic E-state index is 0.426. The summed E-state index contributed by atoms with van der Waals surface area (Å²) in [5.74, 6) is 0.426. The molecule has 0 aliphatic rings. The van der Waals surface area contributed by atoms with Gasteiger partial charge in [-0.05, 0) is 30.7 Å². The van der Waals surface area contributed by atoms with Crippen LogP contribution in [0.1, 0.15) is 5.56 Å². The van der Waals surface area contributed by atoms with Crippen molar-refractivity contribution in [1.82, 2.24) is 15.2 Å². The molecule has 5 heteroatoms. The Kier molecular flexibility index (Phi) is 3.16. The minimum absolute atomic E-state index is 0.426. The normalized spacial score (nSPS) is 10.7. The first-order valence-electron chi connectivity index (χ1n) is 6.18. The molecule has 2 aromatic heterocycles. The number of halogens is 1. The van der Waals surface area contributed by atoms with Crippen LogP contribution in [0.5, 0.6) is 0 Å². The number of aromatic nitrogens is 3. The number of nitrogens with one attached hydrogen (secondary N) is 1. The summed E-state index contributed by atoms with van der Waals surface area (Å²) in [6, 6.07) is 11.5. The van der Waals surface area contributed by atoms with Crippen molar-refractivity contribution in [3.8, 4) is 22.5 Å². The van der Waals surface area contributed by atoms with Crippen LogP contribution in [0.3, 0.4) is 0 Å². The van der Waals surface area contributed by atoms with Gasteiger partial charge < -0.3 is 5.73 Å². The number of nitrogens with two attached hydrogens (primary N) is 1. The Hall–Kier alpha value is -2.33. The zero-order valence-electron chi connectivity index (χ0n) is 10.9. The SMILES string of the molecule is Cc1ccc(-c2[nH]nc(N)c2-c2ccccn2)cc1Cl. The van der Waals surface area contributed by atoms with Crippen LogP contribution in [0.2, 0.25) is 5.02 Å². The van der Waals surface area contributed by atoms with Gasteiger partial charge in [0.05, 0.1) is 17.0 Å². The standard InChI is InChI=1S/C15H13ClN4/c1-9-5-6-10(8-11(9)16)14-13(15(17)20-19-14)12-4-2-3-7-18-12/h2-8H,1H3,(H3,17,19,20). The Morgan fingerprint density at radius 3 is 2.75 bits per heavy atom. The number of nitrogens with zero attached hydrogens (tertiary/aromatic N) is 2. The molecule has 0 aliphatic carbocycles. The highest BCUT2D eigenvalue weighted by Crippen LogP contribution is 2.34. The van der Waals surface area contributed by atoms with E-state index in [1.54, 1.807) is 6.20 Å². The number of rotatable bonds is 2. The Labute approximate surface area is 121 Å². The predicted molar refractivity (Wildman–Crippen MR) is 81.4 cm³/mol. The number of aromatic amines is 1. The summed E-state index contributed by atoms with van der Waals surface area (Å²) in [6.45, 7) is 1.97. The highest BCUT2D eigenvalue weighted by atomic mass is 35.5. The van der Waals surface area contributed by atoms with Crippen molar-refractivity contribution in [2.75, 3.05) is 5.73 Å². The first kappa shape index (κ1) is 12.7. The lowest BCUT2D eigenvalue weighted by Gasteiger charge is -2.05. The lowest BCUT2D eigenvalue weighted by Crippen LogP contribution is -1.91. The molecule has 0 radical (unpaired) electrons. The van der Waals surface area contributed by atoms with Gasteiger partial charge >= 0.3 is 0 Å². The molecule has 0 bridgehead atoms. The van der Waals surface area contributed by atoms with Crippen LogP contribution in [-0.4, -0.2) is 15.2 Å². The topological polar surface area (TPSA) is 67.6 Å². The van der Waals surface area contributed by atoms with Crippen molar-refractivity contribution in [1.29, 1.82) is 0 Å². The summed E-state index contributed by atoms with van der Waals surface area (Å²) >= 11 is 6.19. The van der Waals surface area contributed by atoms with Crippen molar-refractivity contribution < 1.29 is 0 Å². The number of nitrogen functional groups attached to an aromatic ring is 1. The molecule has 20 heavy (non-hydrogen) atoms. The molecule has 0 aliphatic heterocycles. The van der Waals surface area contributed by atoms with Crippen molar-refractivity contribution in [2.24, 2.45) is 0 Å². The van der Waals surface area contributed by atoms with Crippen LogP contribution in [0, 0.1) is 6.92 Å². The van der Waals surface area contributed by atoms with Gasteiger partial charge in [-0.1, -0.05) is 29.8 Å². The summed E-state index contributed by atoms with van der Waals surface area (Å²) in [5, 5.41) is 7.76. The maximum atomic E-state index is 6.19. The van der Waals surface area contributed by atoms with Gasteiger partial charge in [-0.15, -0.1) is 0 Å². The molecular formula is C15H13ClN4. The summed E-state index contributed by atoms with van der Waals surface area (Å²) < 4.78 is 0. The van der Waals surface area contributed by atoms with Crippen molar-refractivity contribution in [2.45, 2.75) is 6.92 Å². The van der Waals surface area contributed by atoms with E-state index in [-0.39, 0.29) is 0 Å². The monoisotopic (exact) mass is 284 g/mol. The third-order valence-corrected chi connectivity index (χ3v) is 3.58. The second kappa shape index (κ2) is 4.98. The smallest absolute Gasteiger partial charge is 0.155 e. The summed E-state index contributed by atoms with van der Waals surface area (Å²) in [4.78, 5) is 4.34. The van der Waals surface area contributed by atoms with E-state index < -0.39 is 0 Å². The number of hydrogen-bond acceptors (Lipinski definition) is 3. The summed E-state index contributed by atoms with van der Waals surface area (Å²) in [7, 11) is 0. The van der Waals surface area contributed by atoms with Gasteiger partial charge in [-0.25, -0.2) is 0 Å². The fourth-order valence-corrected chi connectivity index (χ4v) is 2.26. The average molecular weight is 285 g/mol. The molecule has 0 saturated heterocycles. The van der Waals surface area contributed by atoms with Gasteiger partial charge in [-0.2, -0.15) is 5.10 Å². The zero-order valence-corrected chi connectivity index (χ0v) is 11.6. The Morgan fingerprint density at radius 2 is 2.05 bits per heavy atom. The molecule has 0 saturated carbocycles. The first-order valence-corrected chi connectivity index (χ1v) is 6.56. The maximum Gasteiger partial charge on any atom is 0.155 e. The van der Waals surface area contributed by atoms with E-state index in [0.717, 1.165) is 28.1 Å². The average Bonchev–Trinajstić information content (AvgIpc) is 2.85. The molecule has 0 amide bonds. The van der Waals surface area contributed by atoms with Crippen molar-refractivity contribution in [3.63, 3.8) is 0 Å². The van der Waals surface area contributed by atoms with Crippen LogP contribution in [-0.2, 0) is 0 Å². The van der Waals surface area contributed by atoms with Gasteiger partial charge in [0.2, 0.25) is 0 Å². The molecular weight excluding hydrogens is 272 g/mol. The highest BCUT2D eigenvalue weighted by molar-refractivity contribution is 6.31. The number of hydrogen-bond donors (Lipinski definition) is 2. The van der Waals surface area contributed by atoms with Crippen LogP contribution >= 0.6 is 11.6 Å². The van der Waals surface area contributed by atoms with E-state index in [1.807, 2.05) is 43.3 Å². The molecule has 3 rings (SSSR count). The fraction of sp³-hybridized carbons (Fsp3) is 0.0667. The minimum Gasteiger partial charge on any atom is -0.382 e. The third-order valence-electron chi connectivity index (χ3n) is 3.18. The number of aryl methyl sites for hydroxylation is 1. The molecule has 4 nitrogen and oxygen atoms in total. The Balaban J connectivity index is 2.18. The molecule has 3 N–H and O–H groups in total. The number of anilines is 1. The lowest BCUT2D eigenvalue weighted by atomic mass is 10.0. The van der Waals surface area contributed by atoms with Gasteiger partial charge in [0.25, 0.3) is 0 Å². The van der Waals surface area contributed by atoms with Crippen molar-refractivity contribution >= 4 is 17.4 Å². The quantitative estimate of drug-likeness (QED) is 0.754. The van der Waals surface area contributed by atoms with E-state index in [1.165, 1.54) is 0 Å². The van der Waals surface area contributed by atoms with Crippen LogP contribution in [0.4, 0.5) is 5.82 Å². The number of pyridine rings is 1. The van der Waals surface area contributed by atoms with E-state index in [4.69, 9.17) is 17.3 Å². The molecule has 100 valence electrons. The van der Waals surface area contributed by atoms with Gasteiger partial charge in [0, 0.05) is 16.8 Å². The summed E-state index contributed by atoms with van der Waals surface area (Å²) in [6.07, 6.45) is 1.73. The van der Waals surface area contributed by atoms with Gasteiger partial charge in [0.15, 0.2) is 5.82 Å². The molecule has 0 fully saturated rings. The largest absolute Gasteiger partial charge is 0.382 e. The first-order chi connectivity index (χ1) is 9.66. The Bertz CT molecular complexity index is 750. The summed E-state index contributed by atoms with van der Waals surface area (Å²) in [5.41, 5.74) is 10.3. The second-order valence-electron chi connectivity index (χ2n) is 4.54. The molecule has 3 aromatic rings. The van der Waals surface area contributed by atoms with E-state index in [0.29, 0.717) is 10.8 Å². The second-order valence-corrected chi connectivity index (χ2v) is 4.94. The number of H-pyrrole nitrogens is 1. The van der Waals surface area contributed by atoms with Gasteiger partial charge in [0.1, 0.15) is 0 Å². The van der Waals surface area contributed by atoms with E-state index >= 15 is 0 Å². The Morgan fingerprint density at radius 1 is 1.20 bits per heavy atom.